The SMILES string of the molecule is Cc1ccc(N)cc1S(=O)(=O)CC(F)F. The van der Waals surface area contributed by atoms with Gasteiger partial charge in [0, 0.05) is 5.69 Å². The standard InChI is InChI=1S/C9H11F2NO2S/c1-6-2-3-7(12)4-8(6)15(13,14)5-9(10)11/h2-4,9H,5,12H2,1H3. The predicted octanol–water partition coefficient (Wildman–Crippen LogP) is 1.62. The molecule has 1 aromatic carbocycles. The highest BCUT2D eigenvalue weighted by Crippen LogP contribution is 2.20. The lowest BCUT2D eigenvalue weighted by molar-refractivity contribution is 0.174. The topological polar surface area (TPSA) is 60.2 Å². The molecule has 0 aromatic heterocycles. The highest BCUT2D eigenvalue weighted by Gasteiger charge is 2.22. The van der Waals surface area contributed by atoms with Crippen molar-refractivity contribution in [1.82, 2.24) is 0 Å². The zero-order valence-electron chi connectivity index (χ0n) is 8.07. The highest BCUT2D eigenvalue weighted by atomic mass is 32.2. The van der Waals surface area contributed by atoms with Crippen LogP contribution in [0.1, 0.15) is 5.56 Å². The first-order valence-electron chi connectivity index (χ1n) is 4.20. The number of halogens is 2. The van der Waals surface area contributed by atoms with Crippen molar-refractivity contribution in [3.8, 4) is 0 Å². The fourth-order valence-electron chi connectivity index (χ4n) is 1.21. The van der Waals surface area contributed by atoms with Crippen molar-refractivity contribution in [2.24, 2.45) is 0 Å². The van der Waals surface area contributed by atoms with Crippen LogP contribution in [-0.4, -0.2) is 20.6 Å². The van der Waals surface area contributed by atoms with Crippen LogP contribution < -0.4 is 5.73 Å². The van der Waals surface area contributed by atoms with E-state index in [1.165, 1.54) is 25.1 Å². The summed E-state index contributed by atoms with van der Waals surface area (Å²) in [4.78, 5) is -0.122. The van der Waals surface area contributed by atoms with Gasteiger partial charge in [0.1, 0.15) is 5.75 Å². The van der Waals surface area contributed by atoms with Crippen molar-refractivity contribution in [2.75, 3.05) is 11.5 Å². The maximum Gasteiger partial charge on any atom is 0.252 e. The van der Waals surface area contributed by atoms with Gasteiger partial charge in [0.05, 0.1) is 4.90 Å². The van der Waals surface area contributed by atoms with E-state index < -0.39 is 22.0 Å². The van der Waals surface area contributed by atoms with Gasteiger partial charge >= 0.3 is 0 Å². The van der Waals surface area contributed by atoms with Gasteiger partial charge in [-0.25, -0.2) is 17.2 Å². The van der Waals surface area contributed by atoms with Gasteiger partial charge in [-0.15, -0.1) is 0 Å². The fraction of sp³-hybridized carbons (Fsp3) is 0.333. The summed E-state index contributed by atoms with van der Waals surface area (Å²) in [5, 5.41) is 0. The number of alkyl halides is 2. The van der Waals surface area contributed by atoms with Gasteiger partial charge in [-0.2, -0.15) is 0 Å². The number of nitrogens with two attached hydrogens (primary N) is 1. The first-order chi connectivity index (χ1) is 6.83. The Labute approximate surface area is 86.8 Å². The zero-order chi connectivity index (χ0) is 11.6. The van der Waals surface area contributed by atoms with E-state index in [0.29, 0.717) is 5.56 Å². The molecule has 0 saturated heterocycles. The van der Waals surface area contributed by atoms with Crippen LogP contribution in [0.3, 0.4) is 0 Å². The lowest BCUT2D eigenvalue weighted by Gasteiger charge is -2.07. The second-order valence-corrected chi connectivity index (χ2v) is 5.20. The normalized spacial score (nSPS) is 12.0. The van der Waals surface area contributed by atoms with E-state index >= 15 is 0 Å². The minimum atomic E-state index is -3.94. The number of hydrogen-bond acceptors (Lipinski definition) is 3. The van der Waals surface area contributed by atoms with E-state index in [9.17, 15) is 17.2 Å². The van der Waals surface area contributed by atoms with Gasteiger partial charge in [0.15, 0.2) is 9.84 Å². The van der Waals surface area contributed by atoms with Crippen molar-refractivity contribution in [1.29, 1.82) is 0 Å². The van der Waals surface area contributed by atoms with Crippen LogP contribution in [0.15, 0.2) is 23.1 Å². The molecule has 0 fully saturated rings. The molecule has 3 nitrogen and oxygen atoms in total. The van der Waals surface area contributed by atoms with Crippen LogP contribution >= 0.6 is 0 Å². The van der Waals surface area contributed by atoms with E-state index in [-0.39, 0.29) is 10.6 Å². The molecule has 2 N–H and O–H groups in total. The molecular formula is C9H11F2NO2S. The maximum atomic E-state index is 12.0. The van der Waals surface area contributed by atoms with Gasteiger partial charge in [-0.05, 0) is 24.6 Å². The van der Waals surface area contributed by atoms with Gasteiger partial charge in [-0.3, -0.25) is 0 Å². The van der Waals surface area contributed by atoms with E-state index in [1.807, 2.05) is 0 Å². The molecule has 15 heavy (non-hydrogen) atoms. The van der Waals surface area contributed by atoms with Crippen molar-refractivity contribution in [3.05, 3.63) is 23.8 Å². The van der Waals surface area contributed by atoms with E-state index in [0.717, 1.165) is 0 Å². The summed E-state index contributed by atoms with van der Waals surface area (Å²) < 4.78 is 47.0. The van der Waals surface area contributed by atoms with E-state index in [1.54, 1.807) is 0 Å². The molecule has 1 aromatic rings. The number of hydrogen-bond donors (Lipinski definition) is 1. The van der Waals surface area contributed by atoms with Gasteiger partial charge < -0.3 is 5.73 Å². The molecule has 0 aliphatic heterocycles. The number of anilines is 1. The van der Waals surface area contributed by atoms with Crippen LogP contribution in [0, 0.1) is 6.92 Å². The third kappa shape index (κ3) is 2.89. The van der Waals surface area contributed by atoms with Crippen LogP contribution in [-0.2, 0) is 9.84 Å². The molecule has 0 amide bonds. The third-order valence-corrected chi connectivity index (χ3v) is 3.69. The number of sulfone groups is 1. The molecule has 0 atom stereocenters. The summed E-state index contributed by atoms with van der Waals surface area (Å²) in [6.07, 6.45) is -2.88. The molecule has 1 rings (SSSR count). The Hall–Kier alpha value is -1.17. The Morgan fingerprint density at radius 3 is 2.53 bits per heavy atom. The van der Waals surface area contributed by atoms with Gasteiger partial charge in [0.2, 0.25) is 0 Å². The quantitative estimate of drug-likeness (QED) is 0.810. The Morgan fingerprint density at radius 1 is 1.40 bits per heavy atom. The average Bonchev–Trinajstić information content (AvgIpc) is 2.06. The average molecular weight is 235 g/mol. The summed E-state index contributed by atoms with van der Waals surface area (Å²) in [6.45, 7) is 1.54. The Balaban J connectivity index is 3.21. The smallest absolute Gasteiger partial charge is 0.252 e. The molecule has 84 valence electrons. The fourth-order valence-corrected chi connectivity index (χ4v) is 2.59. The Bertz CT molecular complexity index is 457. The minimum Gasteiger partial charge on any atom is -0.399 e. The molecule has 0 aliphatic carbocycles. The summed E-state index contributed by atoms with van der Waals surface area (Å²) in [6, 6.07) is 4.22. The second-order valence-electron chi connectivity index (χ2n) is 3.20. The van der Waals surface area contributed by atoms with Crippen molar-refractivity contribution >= 4 is 15.5 Å². The van der Waals surface area contributed by atoms with Gasteiger partial charge in [-0.1, -0.05) is 6.07 Å². The Kier molecular flexibility index (Phi) is 3.28. The number of benzene rings is 1. The first-order valence-corrected chi connectivity index (χ1v) is 5.85. The number of nitrogen functional groups attached to an aromatic ring is 1. The highest BCUT2D eigenvalue weighted by molar-refractivity contribution is 7.91. The summed E-state index contributed by atoms with van der Waals surface area (Å²) in [5.74, 6) is -1.17. The molecule has 0 unspecified atom stereocenters. The Morgan fingerprint density at radius 2 is 2.00 bits per heavy atom. The van der Waals surface area contributed by atoms with Crippen molar-refractivity contribution in [3.63, 3.8) is 0 Å². The van der Waals surface area contributed by atoms with Crippen LogP contribution in [0.25, 0.3) is 0 Å². The van der Waals surface area contributed by atoms with Crippen molar-refractivity contribution < 1.29 is 17.2 Å². The molecule has 6 heteroatoms. The first kappa shape index (κ1) is 11.9. The van der Waals surface area contributed by atoms with E-state index in [4.69, 9.17) is 5.73 Å². The molecule has 0 heterocycles. The number of rotatable bonds is 3. The monoisotopic (exact) mass is 235 g/mol. The lowest BCUT2D eigenvalue weighted by atomic mass is 10.2. The maximum absolute atomic E-state index is 12.0. The number of aryl methyl sites for hydroxylation is 1. The van der Waals surface area contributed by atoms with Gasteiger partial charge in [0.25, 0.3) is 6.43 Å². The second kappa shape index (κ2) is 4.14. The van der Waals surface area contributed by atoms with E-state index in [2.05, 4.69) is 0 Å². The third-order valence-electron chi connectivity index (χ3n) is 1.89. The summed E-state index contributed by atoms with van der Waals surface area (Å²) in [5.41, 5.74) is 6.07. The molecule has 0 radical (unpaired) electrons. The largest absolute Gasteiger partial charge is 0.399 e. The lowest BCUT2D eigenvalue weighted by Crippen LogP contribution is -2.15. The van der Waals surface area contributed by atoms with Crippen LogP contribution in [0.5, 0.6) is 0 Å². The molecular weight excluding hydrogens is 224 g/mol. The minimum absolute atomic E-state index is 0.122. The molecule has 0 saturated carbocycles. The molecule has 0 spiro atoms. The summed E-state index contributed by atoms with van der Waals surface area (Å²) >= 11 is 0. The van der Waals surface area contributed by atoms with Crippen molar-refractivity contribution in [2.45, 2.75) is 18.2 Å². The molecule has 0 aliphatic rings. The van der Waals surface area contributed by atoms with Crippen LogP contribution in [0.2, 0.25) is 0 Å². The predicted molar refractivity (Wildman–Crippen MR) is 53.6 cm³/mol. The van der Waals surface area contributed by atoms with Crippen LogP contribution in [0.4, 0.5) is 14.5 Å². The molecule has 0 bridgehead atoms. The summed E-state index contributed by atoms with van der Waals surface area (Å²) in [7, 11) is -3.94. The zero-order valence-corrected chi connectivity index (χ0v) is 8.89.